The SMILES string of the molecule is COCCCNc1nc(NCc2ccccc2C)c2cnn(C)c2n1.Cl. The van der Waals surface area contributed by atoms with E-state index in [2.05, 4.69) is 44.8 Å². The van der Waals surface area contributed by atoms with E-state index in [1.165, 1.54) is 11.1 Å². The van der Waals surface area contributed by atoms with E-state index in [1.54, 1.807) is 18.0 Å². The summed E-state index contributed by atoms with van der Waals surface area (Å²) in [6.45, 7) is 4.28. The van der Waals surface area contributed by atoms with Crippen molar-refractivity contribution >= 4 is 35.2 Å². The van der Waals surface area contributed by atoms with Crippen LogP contribution in [0.25, 0.3) is 11.0 Å². The van der Waals surface area contributed by atoms with Crippen LogP contribution in [0.5, 0.6) is 0 Å². The Balaban J connectivity index is 0.00000243. The summed E-state index contributed by atoms with van der Waals surface area (Å²) < 4.78 is 6.83. The second-order valence-corrected chi connectivity index (χ2v) is 5.95. The van der Waals surface area contributed by atoms with Crippen LogP contribution in [-0.4, -0.2) is 40.0 Å². The summed E-state index contributed by atoms with van der Waals surface area (Å²) in [6.07, 6.45) is 2.69. The first-order chi connectivity index (χ1) is 12.2. The molecule has 0 saturated heterocycles. The number of hydrogen-bond acceptors (Lipinski definition) is 6. The summed E-state index contributed by atoms with van der Waals surface area (Å²) in [6, 6.07) is 8.32. The summed E-state index contributed by atoms with van der Waals surface area (Å²) in [5, 5.41) is 11.9. The highest BCUT2D eigenvalue weighted by Crippen LogP contribution is 2.22. The first-order valence-corrected chi connectivity index (χ1v) is 8.40. The molecule has 0 fully saturated rings. The Bertz CT molecular complexity index is 851. The van der Waals surface area contributed by atoms with Gasteiger partial charge in [-0.1, -0.05) is 24.3 Å². The topological polar surface area (TPSA) is 76.9 Å². The molecule has 0 aliphatic rings. The molecule has 2 aromatic heterocycles. The molecule has 0 atom stereocenters. The summed E-state index contributed by atoms with van der Waals surface area (Å²) in [5.41, 5.74) is 3.30. The summed E-state index contributed by atoms with van der Waals surface area (Å²) in [7, 11) is 3.58. The second kappa shape index (κ2) is 9.35. The van der Waals surface area contributed by atoms with Crippen LogP contribution < -0.4 is 10.6 Å². The molecule has 0 spiro atoms. The van der Waals surface area contributed by atoms with Gasteiger partial charge in [0, 0.05) is 33.9 Å². The van der Waals surface area contributed by atoms with Gasteiger partial charge in [0.05, 0.1) is 11.6 Å². The van der Waals surface area contributed by atoms with E-state index in [0.29, 0.717) is 19.1 Å². The zero-order valence-electron chi connectivity index (χ0n) is 15.3. The number of fused-ring (bicyclic) bond motifs is 1. The molecule has 3 rings (SSSR count). The number of halogens is 1. The van der Waals surface area contributed by atoms with E-state index >= 15 is 0 Å². The highest BCUT2D eigenvalue weighted by molar-refractivity contribution is 5.87. The number of nitrogens with zero attached hydrogens (tertiary/aromatic N) is 4. The monoisotopic (exact) mass is 376 g/mol. The lowest BCUT2D eigenvalue weighted by molar-refractivity contribution is 0.197. The van der Waals surface area contributed by atoms with Gasteiger partial charge >= 0.3 is 0 Å². The molecule has 7 nitrogen and oxygen atoms in total. The van der Waals surface area contributed by atoms with E-state index in [-0.39, 0.29) is 12.4 Å². The van der Waals surface area contributed by atoms with Gasteiger partial charge in [-0.3, -0.25) is 4.68 Å². The van der Waals surface area contributed by atoms with Crippen LogP contribution in [0.15, 0.2) is 30.5 Å². The Labute approximate surface area is 159 Å². The molecule has 1 aromatic carbocycles. The smallest absolute Gasteiger partial charge is 0.226 e. The molecule has 0 amide bonds. The maximum atomic E-state index is 5.07. The summed E-state index contributed by atoms with van der Waals surface area (Å²) >= 11 is 0. The molecule has 8 heteroatoms. The normalized spacial score (nSPS) is 10.6. The lowest BCUT2D eigenvalue weighted by atomic mass is 10.1. The van der Waals surface area contributed by atoms with Gasteiger partial charge in [0.15, 0.2) is 5.65 Å². The highest BCUT2D eigenvalue weighted by atomic mass is 35.5. The first-order valence-electron chi connectivity index (χ1n) is 8.40. The van der Waals surface area contributed by atoms with Crippen LogP contribution >= 0.6 is 12.4 Å². The van der Waals surface area contributed by atoms with Crippen molar-refractivity contribution < 1.29 is 4.74 Å². The van der Waals surface area contributed by atoms with E-state index in [4.69, 9.17) is 4.74 Å². The van der Waals surface area contributed by atoms with Crippen molar-refractivity contribution in [1.82, 2.24) is 19.7 Å². The first kappa shape index (κ1) is 19.9. The molecule has 0 aliphatic heterocycles. The fourth-order valence-electron chi connectivity index (χ4n) is 2.64. The molecule has 26 heavy (non-hydrogen) atoms. The standard InChI is InChI=1S/C18H24N6O.ClH/c1-13-7-4-5-8-14(13)11-20-16-15-12-21-24(2)17(15)23-18(22-16)19-9-6-10-25-3;/h4-5,7-8,12H,6,9-11H2,1-3H3,(H2,19,20,22,23);1H. The molecule has 0 unspecified atom stereocenters. The van der Waals surface area contributed by atoms with Crippen molar-refractivity contribution in [2.75, 3.05) is 30.9 Å². The molecule has 2 heterocycles. The molecule has 2 N–H and O–H groups in total. The van der Waals surface area contributed by atoms with Crippen LogP contribution in [0, 0.1) is 6.92 Å². The number of ether oxygens (including phenoxy) is 1. The lowest BCUT2D eigenvalue weighted by Gasteiger charge is -2.11. The molecule has 3 aromatic rings. The Morgan fingerprint density at radius 1 is 1.15 bits per heavy atom. The van der Waals surface area contributed by atoms with Gasteiger partial charge in [0.2, 0.25) is 5.95 Å². The largest absolute Gasteiger partial charge is 0.385 e. The van der Waals surface area contributed by atoms with Crippen molar-refractivity contribution in [2.45, 2.75) is 19.9 Å². The predicted molar refractivity (Wildman–Crippen MR) is 107 cm³/mol. The maximum Gasteiger partial charge on any atom is 0.226 e. The molecule has 0 bridgehead atoms. The number of rotatable bonds is 8. The van der Waals surface area contributed by atoms with Gasteiger partial charge in [-0.05, 0) is 24.5 Å². The average molecular weight is 377 g/mol. The number of anilines is 2. The molecule has 140 valence electrons. The number of aryl methyl sites for hydroxylation is 2. The second-order valence-electron chi connectivity index (χ2n) is 5.95. The maximum absolute atomic E-state index is 5.07. The van der Waals surface area contributed by atoms with Crippen molar-refractivity contribution in [2.24, 2.45) is 7.05 Å². The van der Waals surface area contributed by atoms with E-state index in [1.807, 2.05) is 19.2 Å². The van der Waals surface area contributed by atoms with Gasteiger partial charge in [0.25, 0.3) is 0 Å². The fourth-order valence-corrected chi connectivity index (χ4v) is 2.64. The van der Waals surface area contributed by atoms with Crippen LogP contribution in [0.4, 0.5) is 11.8 Å². The van der Waals surface area contributed by atoms with Crippen LogP contribution in [-0.2, 0) is 18.3 Å². The molecule has 0 saturated carbocycles. The van der Waals surface area contributed by atoms with E-state index in [9.17, 15) is 0 Å². The molecule has 0 radical (unpaired) electrons. The van der Waals surface area contributed by atoms with Crippen molar-refractivity contribution in [3.05, 3.63) is 41.6 Å². The minimum atomic E-state index is 0. The number of benzene rings is 1. The van der Waals surface area contributed by atoms with Crippen molar-refractivity contribution in [3.8, 4) is 0 Å². The molecular formula is C18H25ClN6O. The Kier molecular flexibility index (Phi) is 7.17. The van der Waals surface area contributed by atoms with Gasteiger partial charge in [-0.15, -0.1) is 12.4 Å². The third-order valence-corrected chi connectivity index (χ3v) is 4.11. The zero-order valence-corrected chi connectivity index (χ0v) is 16.1. The Hall–Kier alpha value is -2.38. The Morgan fingerprint density at radius 3 is 2.73 bits per heavy atom. The van der Waals surface area contributed by atoms with Crippen LogP contribution in [0.3, 0.4) is 0 Å². The summed E-state index contributed by atoms with van der Waals surface area (Å²) in [5.74, 6) is 1.38. The zero-order chi connectivity index (χ0) is 17.6. The average Bonchev–Trinajstić information content (AvgIpc) is 2.99. The lowest BCUT2D eigenvalue weighted by Crippen LogP contribution is -2.11. The van der Waals surface area contributed by atoms with Crippen LogP contribution in [0.1, 0.15) is 17.5 Å². The summed E-state index contributed by atoms with van der Waals surface area (Å²) in [4.78, 5) is 9.19. The number of aromatic nitrogens is 4. The predicted octanol–water partition coefficient (Wildman–Crippen LogP) is 3.15. The van der Waals surface area contributed by atoms with Crippen LogP contribution in [0.2, 0.25) is 0 Å². The quantitative estimate of drug-likeness (QED) is 0.588. The number of nitrogens with one attached hydrogen (secondary N) is 2. The molecule has 0 aliphatic carbocycles. The highest BCUT2D eigenvalue weighted by Gasteiger charge is 2.11. The van der Waals surface area contributed by atoms with Crippen molar-refractivity contribution in [1.29, 1.82) is 0 Å². The van der Waals surface area contributed by atoms with E-state index in [0.717, 1.165) is 29.8 Å². The van der Waals surface area contributed by atoms with Gasteiger partial charge in [-0.25, -0.2) is 0 Å². The fraction of sp³-hybridized carbons (Fsp3) is 0.389. The number of hydrogen-bond donors (Lipinski definition) is 2. The third kappa shape index (κ3) is 4.62. The molecular weight excluding hydrogens is 352 g/mol. The minimum Gasteiger partial charge on any atom is -0.385 e. The van der Waals surface area contributed by atoms with Gasteiger partial charge in [-0.2, -0.15) is 15.1 Å². The van der Waals surface area contributed by atoms with Gasteiger partial charge < -0.3 is 15.4 Å². The number of methoxy groups -OCH3 is 1. The van der Waals surface area contributed by atoms with Crippen molar-refractivity contribution in [3.63, 3.8) is 0 Å². The minimum absolute atomic E-state index is 0. The third-order valence-electron chi connectivity index (χ3n) is 4.11. The van der Waals surface area contributed by atoms with Gasteiger partial charge in [0.1, 0.15) is 5.82 Å². The van der Waals surface area contributed by atoms with E-state index < -0.39 is 0 Å². The Morgan fingerprint density at radius 2 is 1.96 bits per heavy atom.